The predicted molar refractivity (Wildman–Crippen MR) is 74.8 cm³/mol. The lowest BCUT2D eigenvalue weighted by Crippen LogP contribution is -2.09. The zero-order valence-corrected chi connectivity index (χ0v) is 10.7. The Morgan fingerprint density at radius 2 is 2.00 bits per heavy atom. The van der Waals surface area contributed by atoms with Crippen LogP contribution in [0, 0.1) is 5.92 Å². The molecule has 0 radical (unpaired) electrons. The molecule has 1 saturated carbocycles. The van der Waals surface area contributed by atoms with Gasteiger partial charge in [-0.25, -0.2) is 0 Å². The molecule has 0 spiro atoms. The molecule has 0 aromatic heterocycles. The molecular weight excluding hydrogens is 222 g/mol. The van der Waals surface area contributed by atoms with E-state index in [4.69, 9.17) is 10.5 Å². The predicted octanol–water partition coefficient (Wildman–Crippen LogP) is 3.65. The van der Waals surface area contributed by atoms with Crippen molar-refractivity contribution in [3.63, 3.8) is 0 Å². The van der Waals surface area contributed by atoms with Crippen molar-refractivity contribution in [2.45, 2.75) is 25.8 Å². The van der Waals surface area contributed by atoms with Crippen LogP contribution in [0.5, 0.6) is 5.75 Å². The van der Waals surface area contributed by atoms with E-state index in [-0.39, 0.29) is 6.04 Å². The molecule has 2 N–H and O–H groups in total. The van der Waals surface area contributed by atoms with Crippen molar-refractivity contribution in [2.75, 3.05) is 6.61 Å². The molecule has 1 aliphatic rings. The normalized spacial score (nSPS) is 16.8. The molecule has 0 heterocycles. The molecule has 0 aliphatic heterocycles. The quantitative estimate of drug-likeness (QED) is 0.886. The maximum absolute atomic E-state index is 6.06. The Morgan fingerprint density at radius 1 is 1.22 bits per heavy atom. The van der Waals surface area contributed by atoms with Crippen molar-refractivity contribution in [1.29, 1.82) is 0 Å². The molecule has 18 heavy (non-hydrogen) atoms. The van der Waals surface area contributed by atoms with Crippen LogP contribution >= 0.6 is 0 Å². The number of fused-ring (bicyclic) bond motifs is 1. The summed E-state index contributed by atoms with van der Waals surface area (Å²) in [6, 6.07) is 12.6. The minimum absolute atomic E-state index is 0.00353. The fraction of sp³-hybridized carbons (Fsp3) is 0.375. The highest BCUT2D eigenvalue weighted by Gasteiger charge is 2.23. The van der Waals surface area contributed by atoms with E-state index in [0.29, 0.717) is 0 Å². The van der Waals surface area contributed by atoms with Gasteiger partial charge >= 0.3 is 0 Å². The number of benzene rings is 2. The van der Waals surface area contributed by atoms with E-state index in [0.717, 1.165) is 23.8 Å². The number of nitrogens with two attached hydrogens (primary N) is 1. The van der Waals surface area contributed by atoms with Gasteiger partial charge in [-0.1, -0.05) is 36.4 Å². The zero-order valence-electron chi connectivity index (χ0n) is 10.7. The van der Waals surface area contributed by atoms with Crippen molar-refractivity contribution >= 4 is 10.8 Å². The van der Waals surface area contributed by atoms with Gasteiger partial charge < -0.3 is 10.5 Å². The van der Waals surface area contributed by atoms with Crippen LogP contribution in [0.25, 0.3) is 10.8 Å². The molecule has 2 aromatic rings. The first kappa shape index (κ1) is 11.5. The largest absolute Gasteiger partial charge is 0.492 e. The molecule has 1 aliphatic carbocycles. The summed E-state index contributed by atoms with van der Waals surface area (Å²) in [5.41, 5.74) is 7.15. The molecule has 0 bridgehead atoms. The molecule has 3 rings (SSSR count). The summed E-state index contributed by atoms with van der Waals surface area (Å²) in [5.74, 6) is 1.74. The summed E-state index contributed by atoms with van der Waals surface area (Å²) < 4.78 is 6.06. The van der Waals surface area contributed by atoms with Crippen molar-refractivity contribution in [3.05, 3.63) is 42.0 Å². The molecule has 1 atom stereocenters. The molecule has 0 amide bonds. The molecular formula is C16H19NO. The lowest BCUT2D eigenvalue weighted by molar-refractivity contribution is 0.299. The maximum atomic E-state index is 6.06. The highest BCUT2D eigenvalue weighted by molar-refractivity contribution is 5.89. The van der Waals surface area contributed by atoms with Crippen LogP contribution in [0.2, 0.25) is 0 Å². The Bertz CT molecular complexity index is 558. The second-order valence-electron chi connectivity index (χ2n) is 5.25. The summed E-state index contributed by atoms with van der Waals surface area (Å²) in [7, 11) is 0. The Labute approximate surface area is 108 Å². The van der Waals surface area contributed by atoms with E-state index in [2.05, 4.69) is 36.4 Å². The average Bonchev–Trinajstić information content (AvgIpc) is 3.19. The first-order valence-corrected chi connectivity index (χ1v) is 6.65. The van der Waals surface area contributed by atoms with Gasteiger partial charge in [-0.15, -0.1) is 0 Å². The van der Waals surface area contributed by atoms with Gasteiger partial charge in [0.1, 0.15) is 5.75 Å². The number of rotatable bonds is 4. The van der Waals surface area contributed by atoms with Gasteiger partial charge in [0, 0.05) is 17.0 Å². The van der Waals surface area contributed by atoms with Gasteiger partial charge in [-0.3, -0.25) is 0 Å². The Morgan fingerprint density at radius 3 is 2.72 bits per heavy atom. The number of hydrogen-bond acceptors (Lipinski definition) is 2. The highest BCUT2D eigenvalue weighted by Crippen LogP contribution is 2.35. The molecule has 2 nitrogen and oxygen atoms in total. The third-order valence-corrected chi connectivity index (χ3v) is 3.56. The van der Waals surface area contributed by atoms with Crippen LogP contribution in [0.1, 0.15) is 31.4 Å². The second-order valence-corrected chi connectivity index (χ2v) is 5.25. The van der Waals surface area contributed by atoms with Crippen molar-refractivity contribution in [1.82, 2.24) is 0 Å². The van der Waals surface area contributed by atoms with Crippen molar-refractivity contribution < 1.29 is 4.74 Å². The number of ether oxygens (including phenoxy) is 1. The number of hydrogen-bond donors (Lipinski definition) is 1. The standard InChI is InChI=1S/C16H19NO/c1-11(17)14-9-8-13-4-2-3-5-15(13)16(14)18-10-12-6-7-12/h2-5,8-9,11-12H,6-7,10,17H2,1H3/t11-/m0/s1. The van der Waals surface area contributed by atoms with E-state index in [9.17, 15) is 0 Å². The molecule has 94 valence electrons. The van der Waals surface area contributed by atoms with Crippen LogP contribution < -0.4 is 10.5 Å². The summed E-state index contributed by atoms with van der Waals surface area (Å²) >= 11 is 0. The van der Waals surface area contributed by atoms with Gasteiger partial charge in [-0.2, -0.15) is 0 Å². The lowest BCUT2D eigenvalue weighted by Gasteiger charge is -2.16. The molecule has 0 unspecified atom stereocenters. The Balaban J connectivity index is 2.05. The van der Waals surface area contributed by atoms with Gasteiger partial charge in [0.25, 0.3) is 0 Å². The van der Waals surface area contributed by atoms with Gasteiger partial charge in [-0.05, 0) is 31.1 Å². The lowest BCUT2D eigenvalue weighted by atomic mass is 10.0. The summed E-state index contributed by atoms with van der Waals surface area (Å²) in [6.45, 7) is 2.84. The van der Waals surface area contributed by atoms with E-state index in [1.807, 2.05) is 6.92 Å². The Kier molecular flexibility index (Phi) is 2.96. The molecule has 0 saturated heterocycles. The van der Waals surface area contributed by atoms with Crippen LogP contribution in [-0.2, 0) is 0 Å². The molecule has 2 heteroatoms. The third-order valence-electron chi connectivity index (χ3n) is 3.56. The first-order valence-electron chi connectivity index (χ1n) is 6.65. The summed E-state index contributed by atoms with van der Waals surface area (Å²) in [4.78, 5) is 0. The minimum Gasteiger partial charge on any atom is -0.492 e. The second kappa shape index (κ2) is 4.62. The Hall–Kier alpha value is -1.54. The minimum atomic E-state index is 0.00353. The summed E-state index contributed by atoms with van der Waals surface area (Å²) in [6.07, 6.45) is 2.61. The van der Waals surface area contributed by atoms with Crippen LogP contribution in [0.3, 0.4) is 0 Å². The topological polar surface area (TPSA) is 35.2 Å². The monoisotopic (exact) mass is 241 g/mol. The zero-order chi connectivity index (χ0) is 12.5. The fourth-order valence-corrected chi connectivity index (χ4v) is 2.27. The maximum Gasteiger partial charge on any atom is 0.131 e. The van der Waals surface area contributed by atoms with Gasteiger partial charge in [0.15, 0.2) is 0 Å². The highest BCUT2D eigenvalue weighted by atomic mass is 16.5. The smallest absolute Gasteiger partial charge is 0.131 e. The molecule has 2 aromatic carbocycles. The third kappa shape index (κ3) is 2.21. The van der Waals surface area contributed by atoms with E-state index in [1.54, 1.807) is 0 Å². The van der Waals surface area contributed by atoms with Crippen LogP contribution in [0.15, 0.2) is 36.4 Å². The van der Waals surface area contributed by atoms with Crippen molar-refractivity contribution in [3.8, 4) is 5.75 Å². The fourth-order valence-electron chi connectivity index (χ4n) is 2.27. The molecule has 1 fully saturated rings. The van der Waals surface area contributed by atoms with Gasteiger partial charge in [0.05, 0.1) is 6.61 Å². The van der Waals surface area contributed by atoms with Crippen molar-refractivity contribution in [2.24, 2.45) is 11.7 Å². The van der Waals surface area contributed by atoms with Crippen LogP contribution in [0.4, 0.5) is 0 Å². The van der Waals surface area contributed by atoms with Gasteiger partial charge in [0.2, 0.25) is 0 Å². The van der Waals surface area contributed by atoms with E-state index >= 15 is 0 Å². The average molecular weight is 241 g/mol. The van der Waals surface area contributed by atoms with Crippen LogP contribution in [-0.4, -0.2) is 6.61 Å². The summed E-state index contributed by atoms with van der Waals surface area (Å²) in [5, 5.41) is 2.39. The first-order chi connectivity index (χ1) is 8.75. The van der Waals surface area contributed by atoms with E-state index < -0.39 is 0 Å². The SMILES string of the molecule is C[C@H](N)c1ccc2ccccc2c1OCC1CC1. The van der Waals surface area contributed by atoms with E-state index in [1.165, 1.54) is 23.6 Å².